The first-order valence-electron chi connectivity index (χ1n) is 8.95. The molecule has 0 saturated heterocycles. The molecule has 2 N–H and O–H groups in total. The molecule has 1 heterocycles. The first-order chi connectivity index (χ1) is 11.1. The van der Waals surface area contributed by atoms with Crippen molar-refractivity contribution in [3.63, 3.8) is 0 Å². The summed E-state index contributed by atoms with van der Waals surface area (Å²) in [5.74, 6) is 3.37. The predicted octanol–water partition coefficient (Wildman–Crippen LogP) is 3.73. The van der Waals surface area contributed by atoms with Gasteiger partial charge in [0.2, 0.25) is 5.89 Å². The molecule has 6 nitrogen and oxygen atoms in total. The van der Waals surface area contributed by atoms with E-state index in [4.69, 9.17) is 4.52 Å². The molecule has 0 spiro atoms. The van der Waals surface area contributed by atoms with Gasteiger partial charge in [0.1, 0.15) is 0 Å². The zero-order valence-corrected chi connectivity index (χ0v) is 18.1. The van der Waals surface area contributed by atoms with Crippen LogP contribution in [0.5, 0.6) is 0 Å². The molecule has 0 saturated carbocycles. The van der Waals surface area contributed by atoms with E-state index in [1.807, 2.05) is 0 Å². The van der Waals surface area contributed by atoms with Gasteiger partial charge < -0.3 is 15.2 Å². The maximum Gasteiger partial charge on any atom is 0.226 e. The summed E-state index contributed by atoms with van der Waals surface area (Å²) < 4.78 is 5.25. The Kier molecular flexibility index (Phi) is 13.0. The van der Waals surface area contributed by atoms with Gasteiger partial charge in [-0.2, -0.15) is 4.98 Å². The molecule has 0 aliphatic rings. The van der Waals surface area contributed by atoms with Crippen LogP contribution in [0.25, 0.3) is 0 Å². The fourth-order valence-electron chi connectivity index (χ4n) is 2.16. The lowest BCUT2D eigenvalue weighted by Gasteiger charge is -2.13. The van der Waals surface area contributed by atoms with Crippen LogP contribution in [0.1, 0.15) is 71.5 Å². The van der Waals surface area contributed by atoms with Crippen LogP contribution in [0.2, 0.25) is 0 Å². The number of nitrogens with zero attached hydrogens (tertiary/aromatic N) is 3. The summed E-state index contributed by atoms with van der Waals surface area (Å²) in [7, 11) is 0. The van der Waals surface area contributed by atoms with Crippen LogP contribution in [0.3, 0.4) is 0 Å². The largest absolute Gasteiger partial charge is 0.357 e. The molecule has 0 aliphatic carbocycles. The molecule has 140 valence electrons. The number of aliphatic imine (C=N–C) groups is 1. The van der Waals surface area contributed by atoms with E-state index in [2.05, 4.69) is 60.4 Å². The van der Waals surface area contributed by atoms with Crippen LogP contribution in [-0.2, 0) is 6.42 Å². The second-order valence-electron chi connectivity index (χ2n) is 6.13. The quantitative estimate of drug-likeness (QED) is 0.245. The van der Waals surface area contributed by atoms with Crippen LogP contribution >= 0.6 is 24.0 Å². The normalized spacial score (nSPS) is 11.7. The molecular formula is C17H34IN5O. The zero-order chi connectivity index (χ0) is 17.1. The summed E-state index contributed by atoms with van der Waals surface area (Å²) in [6, 6.07) is 0. The fourth-order valence-corrected chi connectivity index (χ4v) is 2.16. The lowest BCUT2D eigenvalue weighted by molar-refractivity contribution is 0.368. The smallest absolute Gasteiger partial charge is 0.226 e. The van der Waals surface area contributed by atoms with Gasteiger partial charge in [-0.05, 0) is 19.3 Å². The fraction of sp³-hybridized carbons (Fsp3) is 0.824. The average Bonchev–Trinajstić information content (AvgIpc) is 3.01. The van der Waals surface area contributed by atoms with Gasteiger partial charge in [0.15, 0.2) is 11.8 Å². The molecule has 0 atom stereocenters. The van der Waals surface area contributed by atoms with Crippen molar-refractivity contribution >= 4 is 29.9 Å². The van der Waals surface area contributed by atoms with Crippen molar-refractivity contribution < 1.29 is 4.52 Å². The van der Waals surface area contributed by atoms with Crippen LogP contribution in [-0.4, -0.2) is 35.7 Å². The maximum absolute atomic E-state index is 5.25. The Bertz CT molecular complexity index is 458. The van der Waals surface area contributed by atoms with E-state index in [9.17, 15) is 0 Å². The number of hydrogen-bond acceptors (Lipinski definition) is 4. The van der Waals surface area contributed by atoms with Crippen molar-refractivity contribution in [3.8, 4) is 0 Å². The minimum Gasteiger partial charge on any atom is -0.357 e. The molecule has 0 radical (unpaired) electrons. The third kappa shape index (κ3) is 8.84. The molecule has 1 rings (SSSR count). The van der Waals surface area contributed by atoms with Gasteiger partial charge in [0.25, 0.3) is 0 Å². The molecule has 0 aromatic carbocycles. The highest BCUT2D eigenvalue weighted by atomic mass is 127. The number of hydrogen-bond donors (Lipinski definition) is 2. The van der Waals surface area contributed by atoms with Crippen molar-refractivity contribution in [2.24, 2.45) is 10.9 Å². The van der Waals surface area contributed by atoms with E-state index in [0.29, 0.717) is 11.8 Å². The van der Waals surface area contributed by atoms with Crippen molar-refractivity contribution in [1.29, 1.82) is 0 Å². The number of aryl methyl sites for hydroxylation is 1. The van der Waals surface area contributed by atoms with E-state index < -0.39 is 0 Å². The number of halogens is 1. The molecule has 1 aromatic heterocycles. The zero-order valence-electron chi connectivity index (χ0n) is 15.8. The number of rotatable bonds is 10. The summed E-state index contributed by atoms with van der Waals surface area (Å²) in [5, 5.41) is 10.6. The topological polar surface area (TPSA) is 75.3 Å². The van der Waals surface area contributed by atoms with E-state index >= 15 is 0 Å². The third-order valence-electron chi connectivity index (χ3n) is 3.87. The Morgan fingerprint density at radius 1 is 1.17 bits per heavy atom. The Hall–Kier alpha value is -0.860. The van der Waals surface area contributed by atoms with Crippen molar-refractivity contribution in [2.45, 2.75) is 66.2 Å². The van der Waals surface area contributed by atoms with Crippen molar-refractivity contribution in [2.75, 3.05) is 19.6 Å². The molecule has 0 aliphatic heterocycles. The van der Waals surface area contributed by atoms with Gasteiger partial charge in [-0.25, -0.2) is 0 Å². The van der Waals surface area contributed by atoms with Crippen molar-refractivity contribution in [1.82, 2.24) is 20.8 Å². The SMILES string of the molecule is CCNC(=NCC(CC)CC)NCCCc1nc(C(C)C)no1.I. The molecule has 0 fully saturated rings. The summed E-state index contributed by atoms with van der Waals surface area (Å²) in [6.45, 7) is 13.2. The van der Waals surface area contributed by atoms with Gasteiger partial charge >= 0.3 is 0 Å². The van der Waals surface area contributed by atoms with Gasteiger partial charge in [-0.15, -0.1) is 24.0 Å². The van der Waals surface area contributed by atoms with Crippen molar-refractivity contribution in [3.05, 3.63) is 11.7 Å². The standard InChI is InChI=1S/C17H33N5O.HI/c1-6-14(7-2)12-20-17(18-8-3)19-11-9-10-15-21-16(13(4)5)22-23-15;/h13-14H,6-12H2,1-5H3,(H2,18,19,20);1H. The van der Waals surface area contributed by atoms with Crippen LogP contribution < -0.4 is 10.6 Å². The summed E-state index contributed by atoms with van der Waals surface area (Å²) in [4.78, 5) is 9.06. The monoisotopic (exact) mass is 451 g/mol. The van der Waals surface area contributed by atoms with Crippen LogP contribution in [0, 0.1) is 5.92 Å². The highest BCUT2D eigenvalue weighted by molar-refractivity contribution is 14.0. The highest BCUT2D eigenvalue weighted by Crippen LogP contribution is 2.10. The van der Waals surface area contributed by atoms with Gasteiger partial charge in [-0.1, -0.05) is 45.7 Å². The average molecular weight is 451 g/mol. The summed E-state index contributed by atoms with van der Waals surface area (Å²) >= 11 is 0. The molecule has 7 heteroatoms. The molecular weight excluding hydrogens is 417 g/mol. The van der Waals surface area contributed by atoms with E-state index in [1.165, 1.54) is 12.8 Å². The van der Waals surface area contributed by atoms with E-state index in [-0.39, 0.29) is 24.0 Å². The minimum absolute atomic E-state index is 0. The first-order valence-corrected chi connectivity index (χ1v) is 8.95. The second kappa shape index (κ2) is 13.4. The van der Waals surface area contributed by atoms with Gasteiger partial charge in [-0.3, -0.25) is 4.99 Å². The van der Waals surface area contributed by atoms with E-state index in [1.54, 1.807) is 0 Å². The van der Waals surface area contributed by atoms with Gasteiger partial charge in [0.05, 0.1) is 0 Å². The molecule has 24 heavy (non-hydrogen) atoms. The number of nitrogens with one attached hydrogen (secondary N) is 2. The lowest BCUT2D eigenvalue weighted by Crippen LogP contribution is -2.38. The highest BCUT2D eigenvalue weighted by Gasteiger charge is 2.09. The molecule has 1 aromatic rings. The summed E-state index contributed by atoms with van der Waals surface area (Å²) in [5.41, 5.74) is 0. The van der Waals surface area contributed by atoms with Crippen LogP contribution in [0.15, 0.2) is 9.52 Å². The molecule has 0 bridgehead atoms. The molecule has 0 amide bonds. The van der Waals surface area contributed by atoms with E-state index in [0.717, 1.165) is 50.2 Å². The number of aromatic nitrogens is 2. The Morgan fingerprint density at radius 3 is 2.42 bits per heavy atom. The maximum atomic E-state index is 5.25. The Morgan fingerprint density at radius 2 is 1.88 bits per heavy atom. The lowest BCUT2D eigenvalue weighted by atomic mass is 10.0. The Labute approximate surface area is 163 Å². The first kappa shape index (κ1) is 23.1. The summed E-state index contributed by atoms with van der Waals surface area (Å²) in [6.07, 6.45) is 4.08. The second-order valence-corrected chi connectivity index (χ2v) is 6.13. The minimum atomic E-state index is 0. The third-order valence-corrected chi connectivity index (χ3v) is 3.87. The predicted molar refractivity (Wildman–Crippen MR) is 110 cm³/mol. The number of guanidine groups is 1. The van der Waals surface area contributed by atoms with Crippen LogP contribution in [0.4, 0.5) is 0 Å². The van der Waals surface area contributed by atoms with Gasteiger partial charge in [0, 0.05) is 32.0 Å². The molecule has 0 unspecified atom stereocenters. The Balaban J connectivity index is 0.00000529.